The Bertz CT molecular complexity index is 441. The van der Waals surface area contributed by atoms with Crippen LogP contribution in [0.15, 0.2) is 18.2 Å². The molecule has 0 radical (unpaired) electrons. The van der Waals surface area contributed by atoms with Gasteiger partial charge in [-0.15, -0.1) is 0 Å². The van der Waals surface area contributed by atoms with Gasteiger partial charge < -0.3 is 10.6 Å². The van der Waals surface area contributed by atoms with Gasteiger partial charge in [-0.3, -0.25) is 9.59 Å². The minimum absolute atomic E-state index is 0.0581. The summed E-state index contributed by atoms with van der Waals surface area (Å²) in [4.78, 5) is 22.5. The summed E-state index contributed by atoms with van der Waals surface area (Å²) in [5.74, 6) is 0.0122. The highest BCUT2D eigenvalue weighted by Gasteiger charge is 2.06. The van der Waals surface area contributed by atoms with Crippen molar-refractivity contribution < 1.29 is 9.59 Å². The Labute approximate surface area is 108 Å². The second kappa shape index (κ2) is 6.91. The number of carbonyl (C=O) groups is 2. The van der Waals surface area contributed by atoms with Crippen molar-refractivity contribution in [3.63, 3.8) is 0 Å². The van der Waals surface area contributed by atoms with Gasteiger partial charge in [0.1, 0.15) is 0 Å². The van der Waals surface area contributed by atoms with Crippen LogP contribution in [0.4, 0.5) is 0 Å². The summed E-state index contributed by atoms with van der Waals surface area (Å²) in [6.45, 7) is 6.92. The third-order valence-electron chi connectivity index (χ3n) is 2.79. The summed E-state index contributed by atoms with van der Waals surface area (Å²) in [5, 5.41) is 5.67. The molecule has 0 atom stereocenters. The van der Waals surface area contributed by atoms with E-state index < -0.39 is 0 Å². The number of benzene rings is 1. The van der Waals surface area contributed by atoms with E-state index in [4.69, 9.17) is 0 Å². The molecule has 1 amide bonds. The van der Waals surface area contributed by atoms with Gasteiger partial charge in [-0.25, -0.2) is 0 Å². The Morgan fingerprint density at radius 3 is 2.44 bits per heavy atom. The van der Waals surface area contributed by atoms with Crippen LogP contribution in [-0.2, 0) is 4.79 Å². The lowest BCUT2D eigenvalue weighted by atomic mass is 10.0. The maximum Gasteiger partial charge on any atom is 0.216 e. The number of hydrogen-bond donors (Lipinski definition) is 2. The topological polar surface area (TPSA) is 58.2 Å². The lowest BCUT2D eigenvalue weighted by Crippen LogP contribution is -2.32. The van der Waals surface area contributed by atoms with Gasteiger partial charge in [-0.2, -0.15) is 0 Å². The van der Waals surface area contributed by atoms with Gasteiger partial charge in [0, 0.05) is 25.6 Å². The molecule has 0 fully saturated rings. The van der Waals surface area contributed by atoms with Crippen molar-refractivity contribution in [2.24, 2.45) is 0 Å². The van der Waals surface area contributed by atoms with Crippen molar-refractivity contribution in [1.29, 1.82) is 0 Å². The lowest BCUT2D eigenvalue weighted by Gasteiger charge is -2.06. The van der Waals surface area contributed by atoms with Crippen LogP contribution in [0.5, 0.6) is 0 Å². The Morgan fingerprint density at radius 2 is 1.83 bits per heavy atom. The van der Waals surface area contributed by atoms with E-state index in [1.165, 1.54) is 12.5 Å². The van der Waals surface area contributed by atoms with Crippen molar-refractivity contribution in [3.8, 4) is 0 Å². The van der Waals surface area contributed by atoms with E-state index >= 15 is 0 Å². The second-order valence-corrected chi connectivity index (χ2v) is 4.38. The Balaban J connectivity index is 2.36. The van der Waals surface area contributed by atoms with E-state index in [-0.39, 0.29) is 11.7 Å². The molecule has 0 unspecified atom stereocenters. The molecule has 0 bridgehead atoms. The van der Waals surface area contributed by atoms with Crippen molar-refractivity contribution in [2.45, 2.75) is 20.8 Å². The monoisotopic (exact) mass is 248 g/mol. The molecule has 98 valence electrons. The first-order valence-corrected chi connectivity index (χ1v) is 6.06. The minimum Gasteiger partial charge on any atom is -0.355 e. The molecule has 0 aliphatic rings. The highest BCUT2D eigenvalue weighted by Crippen LogP contribution is 2.09. The van der Waals surface area contributed by atoms with Crippen molar-refractivity contribution in [1.82, 2.24) is 10.6 Å². The summed E-state index contributed by atoms with van der Waals surface area (Å²) in [6, 6.07) is 5.72. The normalized spacial score (nSPS) is 10.2. The molecule has 0 spiro atoms. The minimum atomic E-state index is -0.0581. The van der Waals surface area contributed by atoms with Crippen LogP contribution in [0.2, 0.25) is 0 Å². The predicted molar refractivity (Wildman–Crippen MR) is 71.8 cm³/mol. The lowest BCUT2D eigenvalue weighted by molar-refractivity contribution is -0.118. The number of rotatable bonds is 6. The average Bonchev–Trinajstić information content (AvgIpc) is 2.31. The van der Waals surface area contributed by atoms with E-state index in [9.17, 15) is 9.59 Å². The number of nitrogens with one attached hydrogen (secondary N) is 2. The predicted octanol–water partition coefficient (Wildman–Crippen LogP) is 1.21. The molecular weight excluding hydrogens is 228 g/mol. The summed E-state index contributed by atoms with van der Waals surface area (Å²) in [7, 11) is 0. The fourth-order valence-electron chi connectivity index (χ4n) is 1.55. The van der Waals surface area contributed by atoms with Crippen molar-refractivity contribution >= 4 is 11.7 Å². The SMILES string of the molecule is CC(=O)NCCNCC(=O)c1ccc(C)c(C)c1. The first-order valence-electron chi connectivity index (χ1n) is 6.06. The van der Waals surface area contributed by atoms with Gasteiger partial charge in [0.2, 0.25) is 5.91 Å². The molecule has 0 saturated heterocycles. The second-order valence-electron chi connectivity index (χ2n) is 4.38. The van der Waals surface area contributed by atoms with Crippen LogP contribution in [0.3, 0.4) is 0 Å². The largest absolute Gasteiger partial charge is 0.355 e. The van der Waals surface area contributed by atoms with Gasteiger partial charge in [-0.1, -0.05) is 12.1 Å². The fraction of sp³-hybridized carbons (Fsp3) is 0.429. The first kappa shape index (κ1) is 14.4. The van der Waals surface area contributed by atoms with E-state index in [0.29, 0.717) is 19.6 Å². The zero-order valence-corrected chi connectivity index (χ0v) is 11.2. The molecular formula is C14H20N2O2. The van der Waals surface area contributed by atoms with Crippen LogP contribution < -0.4 is 10.6 Å². The molecule has 1 aromatic carbocycles. The number of Topliss-reactive ketones (excluding diaryl/α,β-unsaturated/α-hetero) is 1. The third-order valence-corrected chi connectivity index (χ3v) is 2.79. The molecule has 2 N–H and O–H groups in total. The van der Waals surface area contributed by atoms with Gasteiger partial charge >= 0.3 is 0 Å². The van der Waals surface area contributed by atoms with Gasteiger partial charge in [0.15, 0.2) is 5.78 Å². The van der Waals surface area contributed by atoms with E-state index in [0.717, 1.165) is 11.1 Å². The standard InChI is InChI=1S/C14H20N2O2/c1-10-4-5-13(8-11(10)2)14(18)9-15-6-7-16-12(3)17/h4-5,8,15H,6-7,9H2,1-3H3,(H,16,17). The third kappa shape index (κ3) is 4.67. The van der Waals surface area contributed by atoms with E-state index in [1.807, 2.05) is 32.0 Å². The number of amides is 1. The zero-order chi connectivity index (χ0) is 13.5. The first-order chi connectivity index (χ1) is 8.50. The zero-order valence-electron chi connectivity index (χ0n) is 11.2. The molecule has 4 heteroatoms. The maximum absolute atomic E-state index is 11.9. The highest BCUT2D eigenvalue weighted by molar-refractivity contribution is 5.97. The van der Waals surface area contributed by atoms with E-state index in [1.54, 1.807) is 0 Å². The highest BCUT2D eigenvalue weighted by atomic mass is 16.1. The number of ketones is 1. The molecule has 18 heavy (non-hydrogen) atoms. The quantitative estimate of drug-likeness (QED) is 0.587. The number of carbonyl (C=O) groups excluding carboxylic acids is 2. The van der Waals surface area contributed by atoms with E-state index in [2.05, 4.69) is 10.6 Å². The smallest absolute Gasteiger partial charge is 0.216 e. The van der Waals surface area contributed by atoms with Gasteiger partial charge in [0.05, 0.1) is 6.54 Å². The van der Waals surface area contributed by atoms with Crippen LogP contribution in [0.1, 0.15) is 28.4 Å². The summed E-state index contributed by atoms with van der Waals surface area (Å²) in [6.07, 6.45) is 0. The van der Waals surface area contributed by atoms with Crippen LogP contribution in [0.25, 0.3) is 0 Å². The molecule has 0 aliphatic heterocycles. The summed E-state index contributed by atoms with van der Waals surface area (Å²) >= 11 is 0. The summed E-state index contributed by atoms with van der Waals surface area (Å²) in [5.41, 5.74) is 3.04. The Hall–Kier alpha value is -1.68. The number of hydrogen-bond acceptors (Lipinski definition) is 3. The van der Waals surface area contributed by atoms with Crippen LogP contribution in [-0.4, -0.2) is 31.3 Å². The molecule has 0 saturated carbocycles. The Kier molecular flexibility index (Phi) is 5.52. The summed E-state index contributed by atoms with van der Waals surface area (Å²) < 4.78 is 0. The molecule has 0 aliphatic carbocycles. The van der Waals surface area contributed by atoms with Crippen LogP contribution >= 0.6 is 0 Å². The number of aryl methyl sites for hydroxylation is 2. The van der Waals surface area contributed by atoms with Crippen molar-refractivity contribution in [2.75, 3.05) is 19.6 Å². The molecule has 1 aromatic rings. The van der Waals surface area contributed by atoms with Gasteiger partial charge in [0.25, 0.3) is 0 Å². The molecule has 0 aromatic heterocycles. The molecule has 4 nitrogen and oxygen atoms in total. The molecule has 0 heterocycles. The average molecular weight is 248 g/mol. The van der Waals surface area contributed by atoms with Gasteiger partial charge in [-0.05, 0) is 31.0 Å². The van der Waals surface area contributed by atoms with Crippen molar-refractivity contribution in [3.05, 3.63) is 34.9 Å². The fourth-order valence-corrected chi connectivity index (χ4v) is 1.55. The molecule has 1 rings (SSSR count). The van der Waals surface area contributed by atoms with Crippen LogP contribution in [0, 0.1) is 13.8 Å². The maximum atomic E-state index is 11.9. The Morgan fingerprint density at radius 1 is 1.11 bits per heavy atom.